The minimum atomic E-state index is 0.453. The Labute approximate surface area is 155 Å². The van der Waals surface area contributed by atoms with Crippen LogP contribution in [-0.4, -0.2) is 24.4 Å². The van der Waals surface area contributed by atoms with Gasteiger partial charge in [0, 0.05) is 11.8 Å². The maximum Gasteiger partial charge on any atom is 0.125 e. The van der Waals surface area contributed by atoms with Crippen molar-refractivity contribution in [3.63, 3.8) is 0 Å². The zero-order valence-electron chi connectivity index (χ0n) is 16.1. The Hall–Kier alpha value is -2.82. The molecule has 0 saturated carbocycles. The van der Waals surface area contributed by atoms with Crippen LogP contribution in [0.15, 0.2) is 47.8 Å². The molecule has 0 aliphatic rings. The van der Waals surface area contributed by atoms with Crippen molar-refractivity contribution in [1.82, 2.24) is 4.98 Å². The molecule has 0 saturated heterocycles. The van der Waals surface area contributed by atoms with Crippen LogP contribution in [0.25, 0.3) is 0 Å². The highest BCUT2D eigenvalue weighted by molar-refractivity contribution is 5.96. The van der Waals surface area contributed by atoms with Gasteiger partial charge in [0.2, 0.25) is 0 Å². The number of pyridine rings is 1. The van der Waals surface area contributed by atoms with Crippen LogP contribution in [0, 0.1) is 13.8 Å². The third-order valence-corrected chi connectivity index (χ3v) is 3.82. The molecular weight excluding hydrogens is 328 g/mol. The standard InChI is InChI=1S/C21H26N2O3/c1-6-7-10-25-19-11-15(2)21(16(3)12-19)26-14-18-8-9-20(22-13-18)17(4)23-24-5/h6-9,11-13H,10,14H2,1-5H3/b7-6+,23-17?. The summed E-state index contributed by atoms with van der Waals surface area (Å²) in [7, 11) is 1.52. The van der Waals surface area contributed by atoms with Crippen molar-refractivity contribution in [2.45, 2.75) is 34.3 Å². The third-order valence-electron chi connectivity index (χ3n) is 3.82. The average molecular weight is 354 g/mol. The van der Waals surface area contributed by atoms with Gasteiger partial charge in [0.1, 0.15) is 37.5 Å². The van der Waals surface area contributed by atoms with Crippen LogP contribution < -0.4 is 9.47 Å². The predicted octanol–water partition coefficient (Wildman–Crippen LogP) is 4.60. The maximum absolute atomic E-state index is 6.02. The van der Waals surface area contributed by atoms with Crippen molar-refractivity contribution >= 4 is 5.71 Å². The fourth-order valence-electron chi connectivity index (χ4n) is 2.53. The van der Waals surface area contributed by atoms with E-state index in [0.717, 1.165) is 39.6 Å². The predicted molar refractivity (Wildman–Crippen MR) is 104 cm³/mol. The van der Waals surface area contributed by atoms with E-state index in [0.29, 0.717) is 13.2 Å². The Morgan fingerprint density at radius 2 is 1.88 bits per heavy atom. The van der Waals surface area contributed by atoms with E-state index in [1.54, 1.807) is 6.20 Å². The van der Waals surface area contributed by atoms with E-state index >= 15 is 0 Å². The summed E-state index contributed by atoms with van der Waals surface area (Å²) >= 11 is 0. The molecule has 2 aromatic rings. The fraction of sp³-hybridized carbons (Fsp3) is 0.333. The summed E-state index contributed by atoms with van der Waals surface area (Å²) in [4.78, 5) is 9.16. The third kappa shape index (κ3) is 5.34. The van der Waals surface area contributed by atoms with Crippen molar-refractivity contribution in [1.29, 1.82) is 0 Å². The number of hydrogen-bond acceptors (Lipinski definition) is 5. The molecule has 0 aliphatic carbocycles. The largest absolute Gasteiger partial charge is 0.490 e. The molecule has 0 atom stereocenters. The van der Waals surface area contributed by atoms with Gasteiger partial charge in [-0.25, -0.2) is 0 Å². The lowest BCUT2D eigenvalue weighted by molar-refractivity contribution is 0.213. The Morgan fingerprint density at radius 3 is 2.46 bits per heavy atom. The molecule has 138 valence electrons. The van der Waals surface area contributed by atoms with Crippen molar-refractivity contribution in [3.8, 4) is 11.5 Å². The first kappa shape index (κ1) is 19.5. The van der Waals surface area contributed by atoms with Crippen molar-refractivity contribution < 1.29 is 14.3 Å². The zero-order chi connectivity index (χ0) is 18.9. The highest BCUT2D eigenvalue weighted by Gasteiger charge is 2.08. The van der Waals surface area contributed by atoms with Gasteiger partial charge in [0.15, 0.2) is 0 Å². The van der Waals surface area contributed by atoms with Gasteiger partial charge in [-0.1, -0.05) is 23.4 Å². The molecule has 0 amide bonds. The Bertz CT molecular complexity index is 757. The SMILES string of the molecule is C/C=C/COc1cc(C)c(OCc2ccc(C(C)=NOC)nc2)c(C)c1. The number of oxime groups is 1. The number of nitrogens with zero attached hydrogens (tertiary/aromatic N) is 2. The minimum absolute atomic E-state index is 0.453. The molecule has 1 aromatic heterocycles. The number of rotatable bonds is 8. The van der Waals surface area contributed by atoms with Gasteiger partial charge in [-0.3, -0.25) is 4.98 Å². The van der Waals surface area contributed by atoms with Gasteiger partial charge in [0.25, 0.3) is 0 Å². The van der Waals surface area contributed by atoms with Gasteiger partial charge >= 0.3 is 0 Å². The lowest BCUT2D eigenvalue weighted by Gasteiger charge is -2.14. The van der Waals surface area contributed by atoms with Crippen LogP contribution in [0.5, 0.6) is 11.5 Å². The van der Waals surface area contributed by atoms with Crippen LogP contribution >= 0.6 is 0 Å². The normalized spacial score (nSPS) is 11.7. The summed E-state index contributed by atoms with van der Waals surface area (Å²) in [6.45, 7) is 8.90. The van der Waals surface area contributed by atoms with Crippen molar-refractivity contribution in [2.24, 2.45) is 5.16 Å². The van der Waals surface area contributed by atoms with Gasteiger partial charge in [-0.2, -0.15) is 0 Å². The Kier molecular flexibility index (Phi) is 7.21. The molecule has 0 N–H and O–H groups in total. The Balaban J connectivity index is 2.04. The summed E-state index contributed by atoms with van der Waals surface area (Å²) in [5.41, 5.74) is 4.61. The molecule has 1 aromatic carbocycles. The van der Waals surface area contributed by atoms with Crippen LogP contribution in [0.1, 0.15) is 36.2 Å². The van der Waals surface area contributed by atoms with Crippen LogP contribution in [0.3, 0.4) is 0 Å². The topological polar surface area (TPSA) is 52.9 Å². The first-order valence-corrected chi connectivity index (χ1v) is 8.56. The van der Waals surface area contributed by atoms with E-state index in [2.05, 4.69) is 10.1 Å². The van der Waals surface area contributed by atoms with E-state index < -0.39 is 0 Å². The average Bonchev–Trinajstić information content (AvgIpc) is 2.62. The fourth-order valence-corrected chi connectivity index (χ4v) is 2.53. The second-order valence-electron chi connectivity index (χ2n) is 5.97. The second kappa shape index (κ2) is 9.61. The summed E-state index contributed by atoms with van der Waals surface area (Å²) in [6, 6.07) is 7.89. The lowest BCUT2D eigenvalue weighted by Crippen LogP contribution is -2.03. The quantitative estimate of drug-likeness (QED) is 0.395. The molecule has 26 heavy (non-hydrogen) atoms. The Morgan fingerprint density at radius 1 is 1.15 bits per heavy atom. The number of benzene rings is 1. The maximum atomic E-state index is 6.02. The van der Waals surface area contributed by atoms with Crippen molar-refractivity contribution in [2.75, 3.05) is 13.7 Å². The summed E-state index contributed by atoms with van der Waals surface area (Å²) in [5, 5.41) is 3.88. The molecule has 2 rings (SSSR count). The molecule has 0 fully saturated rings. The van der Waals surface area contributed by atoms with Crippen molar-refractivity contribution in [3.05, 3.63) is 65.0 Å². The molecule has 0 radical (unpaired) electrons. The number of allylic oxidation sites excluding steroid dienone is 1. The monoisotopic (exact) mass is 354 g/mol. The molecular formula is C21H26N2O3. The smallest absolute Gasteiger partial charge is 0.125 e. The molecule has 0 aliphatic heterocycles. The van der Waals surface area contributed by atoms with Gasteiger partial charge in [-0.15, -0.1) is 0 Å². The minimum Gasteiger partial charge on any atom is -0.490 e. The molecule has 0 bridgehead atoms. The van der Waals surface area contributed by atoms with E-state index in [4.69, 9.17) is 14.3 Å². The number of aryl methyl sites for hydroxylation is 2. The number of aromatic nitrogens is 1. The molecule has 0 spiro atoms. The van der Waals surface area contributed by atoms with E-state index in [9.17, 15) is 0 Å². The molecule has 5 nitrogen and oxygen atoms in total. The number of ether oxygens (including phenoxy) is 2. The molecule has 0 unspecified atom stereocenters. The van der Waals surface area contributed by atoms with Crippen LogP contribution in [-0.2, 0) is 11.4 Å². The second-order valence-corrected chi connectivity index (χ2v) is 5.97. The molecule has 1 heterocycles. The highest BCUT2D eigenvalue weighted by Crippen LogP contribution is 2.29. The van der Waals surface area contributed by atoms with Gasteiger partial charge in [-0.05, 0) is 57.0 Å². The van der Waals surface area contributed by atoms with Gasteiger partial charge in [0.05, 0.1) is 5.69 Å². The number of hydrogen-bond donors (Lipinski definition) is 0. The zero-order valence-corrected chi connectivity index (χ0v) is 16.1. The summed E-state index contributed by atoms with van der Waals surface area (Å²) in [5.74, 6) is 1.73. The first-order valence-electron chi connectivity index (χ1n) is 8.56. The van der Waals surface area contributed by atoms with E-state index in [1.807, 2.05) is 64.1 Å². The first-order chi connectivity index (χ1) is 12.5. The summed E-state index contributed by atoms with van der Waals surface area (Å²) < 4.78 is 11.7. The summed E-state index contributed by atoms with van der Waals surface area (Å²) in [6.07, 6.45) is 5.74. The van der Waals surface area contributed by atoms with E-state index in [1.165, 1.54) is 7.11 Å². The van der Waals surface area contributed by atoms with E-state index in [-0.39, 0.29) is 0 Å². The lowest BCUT2D eigenvalue weighted by atomic mass is 10.1. The van der Waals surface area contributed by atoms with Crippen LogP contribution in [0.4, 0.5) is 0 Å². The van der Waals surface area contributed by atoms with Gasteiger partial charge < -0.3 is 14.3 Å². The van der Waals surface area contributed by atoms with Crippen LogP contribution in [0.2, 0.25) is 0 Å². The molecule has 5 heteroatoms. The highest BCUT2D eigenvalue weighted by atomic mass is 16.6.